The molecule has 0 aliphatic heterocycles. The summed E-state index contributed by atoms with van der Waals surface area (Å²) in [5.74, 6) is 4.94. The highest BCUT2D eigenvalue weighted by Gasteiger charge is 2.64. The number of nitrogens with one attached hydrogen (secondary N) is 1. The maximum Gasteiger partial charge on any atom is 0.312 e. The second-order valence-electron chi connectivity index (χ2n) is 5.70. The quantitative estimate of drug-likeness (QED) is 0.359. The van der Waals surface area contributed by atoms with Gasteiger partial charge in [-0.05, 0) is 30.5 Å². The van der Waals surface area contributed by atoms with E-state index in [-0.39, 0.29) is 0 Å². The van der Waals surface area contributed by atoms with Gasteiger partial charge in [0.15, 0.2) is 0 Å². The van der Waals surface area contributed by atoms with E-state index in [0.717, 1.165) is 12.0 Å². The molecule has 0 spiro atoms. The van der Waals surface area contributed by atoms with E-state index in [0.29, 0.717) is 25.2 Å². The Labute approximate surface area is 141 Å². The molecule has 0 aromatic heterocycles. The molecule has 1 aliphatic rings. The van der Waals surface area contributed by atoms with E-state index in [1.165, 1.54) is 7.11 Å². The Kier molecular flexibility index (Phi) is 5.83. The average Bonchev–Trinajstić information content (AvgIpc) is 3.34. The molecule has 2 N–H and O–H groups in total. The molecule has 6 nitrogen and oxygen atoms in total. The zero-order valence-corrected chi connectivity index (χ0v) is 13.8. The van der Waals surface area contributed by atoms with E-state index >= 15 is 0 Å². The van der Waals surface area contributed by atoms with Gasteiger partial charge < -0.3 is 9.47 Å². The van der Waals surface area contributed by atoms with E-state index in [4.69, 9.17) is 14.7 Å². The molecule has 1 aliphatic carbocycles. The molecule has 128 valence electrons. The van der Waals surface area contributed by atoms with Gasteiger partial charge in [0, 0.05) is 6.42 Å². The fraction of sp³-hybridized carbons (Fsp3) is 0.444. The van der Waals surface area contributed by atoms with Gasteiger partial charge in [0.2, 0.25) is 5.91 Å². The molecule has 1 amide bonds. The zero-order valence-electron chi connectivity index (χ0n) is 13.8. The van der Waals surface area contributed by atoms with E-state index in [1.54, 1.807) is 17.6 Å². The van der Waals surface area contributed by atoms with Crippen molar-refractivity contribution in [1.82, 2.24) is 5.48 Å². The van der Waals surface area contributed by atoms with Crippen LogP contribution in [0.4, 0.5) is 0 Å². The molecule has 0 saturated heterocycles. The lowest BCUT2D eigenvalue weighted by Gasteiger charge is -2.15. The van der Waals surface area contributed by atoms with Crippen LogP contribution < -0.4 is 10.2 Å². The number of esters is 1. The molecule has 1 saturated carbocycles. The van der Waals surface area contributed by atoms with Crippen molar-refractivity contribution in [1.29, 1.82) is 0 Å². The summed E-state index contributed by atoms with van der Waals surface area (Å²) in [6, 6.07) is 7.30. The lowest BCUT2D eigenvalue weighted by Crippen LogP contribution is -2.30. The zero-order chi connectivity index (χ0) is 17.6. The van der Waals surface area contributed by atoms with Crippen LogP contribution in [0, 0.1) is 23.2 Å². The first-order valence-corrected chi connectivity index (χ1v) is 7.77. The molecular formula is C18H21NO5. The van der Waals surface area contributed by atoms with Crippen LogP contribution in [0.5, 0.6) is 5.75 Å². The monoisotopic (exact) mass is 331 g/mol. The van der Waals surface area contributed by atoms with Gasteiger partial charge in [0.1, 0.15) is 12.4 Å². The molecule has 2 rings (SSSR count). The third-order valence-electron chi connectivity index (χ3n) is 4.15. The molecule has 1 aromatic rings. The summed E-state index contributed by atoms with van der Waals surface area (Å²) in [6.07, 6.45) is 1.52. The van der Waals surface area contributed by atoms with Crippen molar-refractivity contribution in [3.8, 4) is 17.6 Å². The minimum atomic E-state index is -0.906. The Hall–Kier alpha value is -2.52. The average molecular weight is 331 g/mol. The number of ether oxygens (including phenoxy) is 2. The van der Waals surface area contributed by atoms with Crippen LogP contribution in [-0.2, 0) is 20.7 Å². The van der Waals surface area contributed by atoms with Crippen molar-refractivity contribution >= 4 is 11.9 Å². The lowest BCUT2D eigenvalue weighted by molar-refractivity contribution is -0.149. The number of benzene rings is 1. The number of hydrogen-bond donors (Lipinski definition) is 2. The first-order valence-electron chi connectivity index (χ1n) is 7.77. The maximum absolute atomic E-state index is 12.1. The second-order valence-corrected chi connectivity index (χ2v) is 5.70. The number of hydroxylamine groups is 1. The first kappa shape index (κ1) is 17.8. The molecule has 2 unspecified atom stereocenters. The number of amides is 1. The number of carbonyl (C=O) groups is 2. The van der Waals surface area contributed by atoms with E-state index in [2.05, 4.69) is 11.8 Å². The standard InChI is InChI=1S/C18H21NO5/c1-3-4-5-10-24-14-8-6-13(7-9-14)11-18(17(21)23-2)12-15(18)16(20)19-22/h6-9,15,22H,3,10-12H2,1-2H3,(H,19,20). The Morgan fingerprint density at radius 2 is 2.04 bits per heavy atom. The van der Waals surface area contributed by atoms with E-state index < -0.39 is 23.2 Å². The summed E-state index contributed by atoms with van der Waals surface area (Å²) in [5.41, 5.74) is 1.59. The van der Waals surface area contributed by atoms with E-state index in [1.807, 2.05) is 19.1 Å². The van der Waals surface area contributed by atoms with Crippen LogP contribution in [0.15, 0.2) is 24.3 Å². The highest BCUT2D eigenvalue weighted by atomic mass is 16.5. The molecule has 24 heavy (non-hydrogen) atoms. The fourth-order valence-electron chi connectivity index (χ4n) is 2.79. The summed E-state index contributed by atoms with van der Waals surface area (Å²) in [4.78, 5) is 23.7. The lowest BCUT2D eigenvalue weighted by atomic mass is 9.93. The van der Waals surface area contributed by atoms with Crippen molar-refractivity contribution < 1.29 is 24.3 Å². The predicted octanol–water partition coefficient (Wildman–Crippen LogP) is 1.71. The van der Waals surface area contributed by atoms with Crippen molar-refractivity contribution in [2.45, 2.75) is 26.2 Å². The Morgan fingerprint density at radius 3 is 2.62 bits per heavy atom. The third kappa shape index (κ3) is 3.87. The smallest absolute Gasteiger partial charge is 0.312 e. The molecule has 1 fully saturated rings. The molecule has 1 aromatic carbocycles. The van der Waals surface area contributed by atoms with Crippen LogP contribution in [0.25, 0.3) is 0 Å². The van der Waals surface area contributed by atoms with Crippen LogP contribution in [0.2, 0.25) is 0 Å². The number of carbonyl (C=O) groups excluding carboxylic acids is 2. The molecule has 0 heterocycles. The van der Waals surface area contributed by atoms with Gasteiger partial charge in [-0.1, -0.05) is 25.0 Å². The van der Waals surface area contributed by atoms with Gasteiger partial charge in [-0.15, -0.1) is 5.92 Å². The largest absolute Gasteiger partial charge is 0.481 e. The second kappa shape index (κ2) is 7.84. The minimum Gasteiger partial charge on any atom is -0.481 e. The van der Waals surface area contributed by atoms with Gasteiger partial charge in [-0.25, -0.2) is 5.48 Å². The van der Waals surface area contributed by atoms with Gasteiger partial charge >= 0.3 is 5.97 Å². The molecule has 0 bridgehead atoms. The summed E-state index contributed by atoms with van der Waals surface area (Å²) in [7, 11) is 1.30. The highest BCUT2D eigenvalue weighted by molar-refractivity contribution is 5.93. The Morgan fingerprint density at radius 1 is 1.33 bits per heavy atom. The van der Waals surface area contributed by atoms with Crippen molar-refractivity contribution in [2.24, 2.45) is 11.3 Å². The SMILES string of the molecule is CCC#CCOc1ccc(CC2(C(=O)OC)CC2C(=O)NO)cc1. The van der Waals surface area contributed by atoms with Crippen LogP contribution in [-0.4, -0.2) is 30.8 Å². The fourth-order valence-corrected chi connectivity index (χ4v) is 2.79. The molecule has 2 atom stereocenters. The Balaban J connectivity index is 2.03. The Bertz CT molecular complexity index is 658. The minimum absolute atomic E-state index is 0.331. The summed E-state index contributed by atoms with van der Waals surface area (Å²) in [5, 5.41) is 8.78. The molecular weight excluding hydrogens is 310 g/mol. The number of methoxy groups -OCH3 is 1. The molecule has 6 heteroatoms. The normalized spacial score (nSPS) is 21.2. The highest BCUT2D eigenvalue weighted by Crippen LogP contribution is 2.55. The van der Waals surface area contributed by atoms with Gasteiger partial charge in [-0.2, -0.15) is 0 Å². The van der Waals surface area contributed by atoms with Crippen LogP contribution >= 0.6 is 0 Å². The van der Waals surface area contributed by atoms with Gasteiger partial charge in [0.25, 0.3) is 0 Å². The van der Waals surface area contributed by atoms with Crippen molar-refractivity contribution in [2.75, 3.05) is 13.7 Å². The van der Waals surface area contributed by atoms with Gasteiger partial charge in [-0.3, -0.25) is 14.8 Å². The van der Waals surface area contributed by atoms with E-state index in [9.17, 15) is 9.59 Å². The van der Waals surface area contributed by atoms with Crippen molar-refractivity contribution in [3.63, 3.8) is 0 Å². The van der Waals surface area contributed by atoms with Crippen LogP contribution in [0.1, 0.15) is 25.3 Å². The maximum atomic E-state index is 12.1. The topological polar surface area (TPSA) is 84.9 Å². The van der Waals surface area contributed by atoms with Gasteiger partial charge in [0.05, 0.1) is 18.4 Å². The summed E-state index contributed by atoms with van der Waals surface area (Å²) >= 11 is 0. The number of rotatable bonds is 6. The summed E-state index contributed by atoms with van der Waals surface area (Å²) in [6.45, 7) is 2.30. The number of hydrogen-bond acceptors (Lipinski definition) is 5. The van der Waals surface area contributed by atoms with Crippen LogP contribution in [0.3, 0.4) is 0 Å². The first-order chi connectivity index (χ1) is 11.6. The molecule has 0 radical (unpaired) electrons. The summed E-state index contributed by atoms with van der Waals surface area (Å²) < 4.78 is 10.3. The van der Waals surface area contributed by atoms with Crippen molar-refractivity contribution in [3.05, 3.63) is 29.8 Å². The third-order valence-corrected chi connectivity index (χ3v) is 4.15. The predicted molar refractivity (Wildman–Crippen MR) is 86.2 cm³/mol.